The fraction of sp³-hybridized carbons (Fsp3) is 0.321. The lowest BCUT2D eigenvalue weighted by Crippen LogP contribution is -2.42. The van der Waals surface area contributed by atoms with Crippen molar-refractivity contribution < 1.29 is 19.0 Å². The van der Waals surface area contributed by atoms with E-state index in [-0.39, 0.29) is 16.8 Å². The number of fused-ring (bicyclic) bond motifs is 1. The van der Waals surface area contributed by atoms with Crippen LogP contribution in [-0.2, 0) is 4.79 Å². The Bertz CT molecular complexity index is 1610. The highest BCUT2D eigenvalue weighted by molar-refractivity contribution is 7.07. The second kappa shape index (κ2) is 9.50. The number of carbonyl (C=O) groups is 1. The second-order valence-electron chi connectivity index (χ2n) is 9.86. The van der Waals surface area contributed by atoms with Crippen molar-refractivity contribution in [2.75, 3.05) is 21.3 Å². The van der Waals surface area contributed by atoms with Crippen molar-refractivity contribution in [3.05, 3.63) is 83.5 Å². The number of hydrogen-bond donors (Lipinski definition) is 0. The van der Waals surface area contributed by atoms with E-state index in [1.165, 1.54) is 18.4 Å². The molecule has 1 atom stereocenters. The van der Waals surface area contributed by atoms with E-state index in [4.69, 9.17) is 30.8 Å². The number of carbonyl (C=O) groups excluding carboxylic acids is 1. The number of benzene rings is 2. The summed E-state index contributed by atoms with van der Waals surface area (Å²) in [6.07, 6.45) is 2.81. The Hall–Kier alpha value is -3.36. The Balaban J connectivity index is 1.76. The summed E-state index contributed by atoms with van der Waals surface area (Å²) in [4.78, 5) is 32.7. The van der Waals surface area contributed by atoms with Crippen LogP contribution in [0.5, 0.6) is 17.2 Å². The second-order valence-corrected chi connectivity index (χ2v) is 11.3. The Morgan fingerprint density at radius 2 is 1.73 bits per heavy atom. The van der Waals surface area contributed by atoms with E-state index in [1.807, 2.05) is 18.2 Å². The Labute approximate surface area is 223 Å². The van der Waals surface area contributed by atoms with Gasteiger partial charge in [-0.25, -0.2) is 4.99 Å². The molecule has 0 radical (unpaired) electrons. The maximum absolute atomic E-state index is 13.9. The molecule has 0 saturated heterocycles. The number of nitrogens with zero attached hydrogens (tertiary/aromatic N) is 2. The molecule has 7 nitrogen and oxygen atoms in total. The highest BCUT2D eigenvalue weighted by Gasteiger charge is 2.41. The Morgan fingerprint density at radius 3 is 2.35 bits per heavy atom. The lowest BCUT2D eigenvalue weighted by Gasteiger charge is -2.35. The summed E-state index contributed by atoms with van der Waals surface area (Å²) in [5, 5.41) is 0.498. The monoisotopic (exact) mass is 538 g/mol. The van der Waals surface area contributed by atoms with Gasteiger partial charge in [0.15, 0.2) is 22.1 Å². The maximum Gasteiger partial charge on any atom is 0.271 e. The molecule has 1 aliphatic heterocycles. The van der Waals surface area contributed by atoms with E-state index in [0.717, 1.165) is 5.70 Å². The zero-order valence-electron chi connectivity index (χ0n) is 21.3. The molecule has 37 heavy (non-hydrogen) atoms. The fourth-order valence-corrected chi connectivity index (χ4v) is 6.34. The zero-order chi connectivity index (χ0) is 26.5. The molecule has 1 unspecified atom stereocenters. The van der Waals surface area contributed by atoms with E-state index in [1.54, 1.807) is 43.1 Å². The van der Waals surface area contributed by atoms with Crippen molar-refractivity contribution in [2.24, 2.45) is 10.4 Å². The highest BCUT2D eigenvalue weighted by Crippen LogP contribution is 2.44. The van der Waals surface area contributed by atoms with E-state index >= 15 is 0 Å². The van der Waals surface area contributed by atoms with Gasteiger partial charge in [0.2, 0.25) is 5.75 Å². The van der Waals surface area contributed by atoms with E-state index in [0.29, 0.717) is 61.1 Å². The molecule has 5 rings (SSSR count). The number of Topliss-reactive ketones (excluding diaryl/α,β-unsaturated/α-hetero) is 1. The molecule has 2 aliphatic rings. The van der Waals surface area contributed by atoms with Crippen LogP contribution in [0.2, 0.25) is 5.02 Å². The number of hydrogen-bond acceptors (Lipinski definition) is 7. The van der Waals surface area contributed by atoms with Gasteiger partial charge in [0.25, 0.3) is 5.56 Å². The smallest absolute Gasteiger partial charge is 0.271 e. The van der Waals surface area contributed by atoms with Crippen molar-refractivity contribution in [1.82, 2.24) is 4.57 Å². The zero-order valence-corrected chi connectivity index (χ0v) is 22.8. The SMILES string of the molecule is COc1cc(C=c2sc3n(c2=O)C(c2ccccc2Cl)C2=C(CC(C)(C)CC2=O)N=3)cc(OC)c1OC. The predicted octanol–water partition coefficient (Wildman–Crippen LogP) is 4.28. The lowest BCUT2D eigenvalue weighted by molar-refractivity contribution is -0.118. The number of aromatic nitrogens is 1. The van der Waals surface area contributed by atoms with Gasteiger partial charge in [-0.15, -0.1) is 0 Å². The fourth-order valence-electron chi connectivity index (χ4n) is 5.08. The van der Waals surface area contributed by atoms with Gasteiger partial charge < -0.3 is 14.2 Å². The first-order chi connectivity index (χ1) is 17.7. The minimum absolute atomic E-state index is 0.00109. The summed E-state index contributed by atoms with van der Waals surface area (Å²) in [6, 6.07) is 10.3. The van der Waals surface area contributed by atoms with Crippen LogP contribution in [0, 0.1) is 5.41 Å². The third-order valence-electron chi connectivity index (χ3n) is 6.68. The molecule has 2 aromatic carbocycles. The number of halogens is 1. The van der Waals surface area contributed by atoms with Crippen LogP contribution in [0.15, 0.2) is 57.5 Å². The van der Waals surface area contributed by atoms with Crippen LogP contribution < -0.4 is 29.1 Å². The molecule has 0 amide bonds. The van der Waals surface area contributed by atoms with Crippen LogP contribution in [0.1, 0.15) is 43.9 Å². The molecule has 0 saturated carbocycles. The van der Waals surface area contributed by atoms with Crippen molar-refractivity contribution in [3.8, 4) is 17.2 Å². The average molecular weight is 539 g/mol. The van der Waals surface area contributed by atoms with E-state index < -0.39 is 6.04 Å². The molecule has 192 valence electrons. The first-order valence-corrected chi connectivity index (χ1v) is 13.0. The number of allylic oxidation sites excluding steroid dienone is 2. The van der Waals surface area contributed by atoms with Crippen LogP contribution in [0.4, 0.5) is 0 Å². The summed E-state index contributed by atoms with van der Waals surface area (Å²) in [6.45, 7) is 4.13. The number of methoxy groups -OCH3 is 3. The van der Waals surface area contributed by atoms with Crippen molar-refractivity contribution >= 4 is 34.8 Å². The van der Waals surface area contributed by atoms with Gasteiger partial charge in [-0.1, -0.05) is 55.0 Å². The van der Waals surface area contributed by atoms with Gasteiger partial charge in [0, 0.05) is 17.0 Å². The molecular formula is C28H27ClN2O5S. The van der Waals surface area contributed by atoms with Gasteiger partial charge in [-0.3, -0.25) is 14.2 Å². The number of rotatable bonds is 5. The van der Waals surface area contributed by atoms with Crippen LogP contribution in [0.25, 0.3) is 6.08 Å². The molecule has 0 bridgehead atoms. The summed E-state index contributed by atoms with van der Waals surface area (Å²) < 4.78 is 18.4. The van der Waals surface area contributed by atoms with Crippen molar-refractivity contribution in [3.63, 3.8) is 0 Å². The van der Waals surface area contributed by atoms with Crippen molar-refractivity contribution in [1.29, 1.82) is 0 Å². The normalized spacial score (nSPS) is 18.7. The largest absolute Gasteiger partial charge is 0.493 e. The number of ketones is 1. The standard InChI is InChI=1S/C28H27ClN2O5S/c1-28(2)13-18-23(19(32)14-28)24(16-8-6-7-9-17(16)29)31-26(33)22(37-27(31)30-18)12-15-10-20(34-3)25(36-5)21(11-15)35-4/h6-12,24H,13-14H2,1-5H3. The molecule has 0 fully saturated rings. The Kier molecular flexibility index (Phi) is 6.50. The summed E-state index contributed by atoms with van der Waals surface area (Å²) >= 11 is 7.90. The van der Waals surface area contributed by atoms with Crippen LogP contribution in [0.3, 0.4) is 0 Å². The van der Waals surface area contributed by atoms with Gasteiger partial charge in [-0.2, -0.15) is 0 Å². The van der Waals surface area contributed by atoms with E-state index in [2.05, 4.69) is 13.8 Å². The Morgan fingerprint density at radius 1 is 1.05 bits per heavy atom. The predicted molar refractivity (Wildman–Crippen MR) is 144 cm³/mol. The molecule has 3 aromatic rings. The molecule has 0 spiro atoms. The number of ether oxygens (including phenoxy) is 3. The molecule has 1 aromatic heterocycles. The van der Waals surface area contributed by atoms with Gasteiger partial charge >= 0.3 is 0 Å². The molecule has 2 heterocycles. The topological polar surface area (TPSA) is 79.1 Å². The summed E-state index contributed by atoms with van der Waals surface area (Å²) in [7, 11) is 4.63. The third-order valence-corrected chi connectivity index (χ3v) is 8.01. The molecular weight excluding hydrogens is 512 g/mol. The number of thiazole rings is 1. The minimum atomic E-state index is -0.634. The van der Waals surface area contributed by atoms with Crippen molar-refractivity contribution in [2.45, 2.75) is 32.7 Å². The summed E-state index contributed by atoms with van der Waals surface area (Å²) in [5.41, 5.74) is 2.24. The van der Waals surface area contributed by atoms with Gasteiger partial charge in [0.05, 0.1) is 37.6 Å². The van der Waals surface area contributed by atoms with Crippen LogP contribution in [-0.4, -0.2) is 31.7 Å². The highest BCUT2D eigenvalue weighted by atomic mass is 35.5. The van der Waals surface area contributed by atoms with Gasteiger partial charge in [-0.05, 0) is 47.2 Å². The van der Waals surface area contributed by atoms with Crippen LogP contribution >= 0.6 is 22.9 Å². The molecule has 1 aliphatic carbocycles. The first kappa shape index (κ1) is 25.3. The third kappa shape index (κ3) is 4.38. The first-order valence-electron chi connectivity index (χ1n) is 11.8. The lowest BCUT2D eigenvalue weighted by atomic mass is 9.73. The average Bonchev–Trinajstić information content (AvgIpc) is 3.16. The van der Waals surface area contributed by atoms with Gasteiger partial charge in [0.1, 0.15) is 0 Å². The maximum atomic E-state index is 13.9. The summed E-state index contributed by atoms with van der Waals surface area (Å²) in [5.74, 6) is 1.44. The minimum Gasteiger partial charge on any atom is -0.493 e. The molecule has 0 N–H and O–H groups in total. The quantitative estimate of drug-likeness (QED) is 0.484. The molecule has 9 heteroatoms. The van der Waals surface area contributed by atoms with E-state index in [9.17, 15) is 9.59 Å².